The average Bonchev–Trinajstić information content (AvgIpc) is 2.61. The van der Waals surface area contributed by atoms with Crippen molar-refractivity contribution < 1.29 is 9.53 Å². The molecule has 0 saturated heterocycles. The maximum atomic E-state index is 11.2. The highest BCUT2D eigenvalue weighted by atomic mass is 16.5. The highest BCUT2D eigenvalue weighted by molar-refractivity contribution is 5.93. The number of rotatable bonds is 5. The van der Waals surface area contributed by atoms with Gasteiger partial charge in [-0.15, -0.1) is 0 Å². The second kappa shape index (κ2) is 6.79. The van der Waals surface area contributed by atoms with E-state index in [9.17, 15) is 4.79 Å². The Morgan fingerprint density at radius 1 is 0.870 bits per heavy atom. The summed E-state index contributed by atoms with van der Waals surface area (Å²) >= 11 is 0. The van der Waals surface area contributed by atoms with E-state index in [4.69, 9.17) is 10.5 Å². The monoisotopic (exact) mass is 303 g/mol. The number of carbonyl (C=O) groups is 1. The van der Waals surface area contributed by atoms with Gasteiger partial charge in [0.2, 0.25) is 5.91 Å². The minimum atomic E-state index is -0.458. The molecule has 2 N–H and O–H groups in total. The van der Waals surface area contributed by atoms with Gasteiger partial charge in [-0.05, 0) is 34.9 Å². The smallest absolute Gasteiger partial charge is 0.248 e. The molecule has 3 aromatic rings. The second-order valence-corrected chi connectivity index (χ2v) is 5.20. The molecule has 0 heterocycles. The normalized spacial score (nSPS) is 10.3. The van der Waals surface area contributed by atoms with Gasteiger partial charge in [-0.3, -0.25) is 4.79 Å². The van der Waals surface area contributed by atoms with Gasteiger partial charge < -0.3 is 10.5 Å². The summed E-state index contributed by atoms with van der Waals surface area (Å²) in [6.45, 7) is 0.424. The van der Waals surface area contributed by atoms with Gasteiger partial charge in [0.15, 0.2) is 0 Å². The van der Waals surface area contributed by atoms with Crippen molar-refractivity contribution in [2.75, 3.05) is 0 Å². The topological polar surface area (TPSA) is 52.3 Å². The summed E-state index contributed by atoms with van der Waals surface area (Å²) in [7, 11) is 0. The number of carbonyl (C=O) groups excluding carboxylic acids is 1. The molecule has 3 rings (SSSR count). The van der Waals surface area contributed by atoms with Crippen molar-refractivity contribution in [3.05, 3.63) is 90.0 Å². The van der Waals surface area contributed by atoms with Crippen LogP contribution in [0, 0.1) is 0 Å². The summed E-state index contributed by atoms with van der Waals surface area (Å²) < 4.78 is 5.84. The molecule has 1 amide bonds. The molecule has 3 aromatic carbocycles. The Morgan fingerprint density at radius 2 is 1.61 bits per heavy atom. The van der Waals surface area contributed by atoms with E-state index in [0.717, 1.165) is 16.7 Å². The zero-order chi connectivity index (χ0) is 16.1. The third kappa shape index (κ3) is 3.58. The molecular weight excluding hydrogens is 286 g/mol. The summed E-state index contributed by atoms with van der Waals surface area (Å²) in [5.41, 5.74) is 9.11. The summed E-state index contributed by atoms with van der Waals surface area (Å²) in [5.74, 6) is 0.171. The van der Waals surface area contributed by atoms with E-state index in [2.05, 4.69) is 18.2 Å². The van der Waals surface area contributed by atoms with Gasteiger partial charge in [0.25, 0.3) is 0 Å². The first-order valence-electron chi connectivity index (χ1n) is 7.40. The third-order valence-corrected chi connectivity index (χ3v) is 3.62. The van der Waals surface area contributed by atoms with Gasteiger partial charge in [-0.25, -0.2) is 0 Å². The summed E-state index contributed by atoms with van der Waals surface area (Å²) in [5, 5.41) is 0. The van der Waals surface area contributed by atoms with E-state index in [1.54, 1.807) is 18.2 Å². The van der Waals surface area contributed by atoms with E-state index in [0.29, 0.717) is 17.9 Å². The van der Waals surface area contributed by atoms with Crippen LogP contribution in [0.15, 0.2) is 78.9 Å². The largest absolute Gasteiger partial charge is 0.489 e. The van der Waals surface area contributed by atoms with Crippen molar-refractivity contribution in [3.63, 3.8) is 0 Å². The molecule has 0 aliphatic heterocycles. The fourth-order valence-corrected chi connectivity index (χ4v) is 2.45. The minimum Gasteiger partial charge on any atom is -0.489 e. The van der Waals surface area contributed by atoms with Crippen molar-refractivity contribution in [2.45, 2.75) is 6.61 Å². The molecule has 0 aromatic heterocycles. The van der Waals surface area contributed by atoms with E-state index in [1.165, 1.54) is 0 Å². The molecule has 0 fully saturated rings. The fraction of sp³-hybridized carbons (Fsp3) is 0.0500. The van der Waals surface area contributed by atoms with Gasteiger partial charge in [0.05, 0.1) is 0 Å². The van der Waals surface area contributed by atoms with E-state index < -0.39 is 5.91 Å². The van der Waals surface area contributed by atoms with Gasteiger partial charge in [-0.2, -0.15) is 0 Å². The number of ether oxygens (including phenoxy) is 1. The first-order valence-corrected chi connectivity index (χ1v) is 7.40. The maximum absolute atomic E-state index is 11.2. The zero-order valence-corrected chi connectivity index (χ0v) is 12.6. The molecule has 3 heteroatoms. The predicted molar refractivity (Wildman–Crippen MR) is 91.2 cm³/mol. The Balaban J connectivity index is 1.82. The fourth-order valence-electron chi connectivity index (χ4n) is 2.45. The molecule has 23 heavy (non-hydrogen) atoms. The second-order valence-electron chi connectivity index (χ2n) is 5.20. The molecule has 0 spiro atoms. The molecule has 0 aliphatic carbocycles. The maximum Gasteiger partial charge on any atom is 0.248 e. The van der Waals surface area contributed by atoms with Crippen LogP contribution in [0.25, 0.3) is 11.1 Å². The Labute approximate surface area is 135 Å². The van der Waals surface area contributed by atoms with Crippen LogP contribution in [-0.2, 0) is 6.61 Å². The molecule has 0 radical (unpaired) electrons. The van der Waals surface area contributed by atoms with Crippen molar-refractivity contribution in [1.82, 2.24) is 0 Å². The highest BCUT2D eigenvalue weighted by Crippen LogP contribution is 2.25. The summed E-state index contributed by atoms with van der Waals surface area (Å²) in [4.78, 5) is 11.2. The van der Waals surface area contributed by atoms with Crippen LogP contribution in [0.2, 0.25) is 0 Å². The first-order chi connectivity index (χ1) is 11.2. The van der Waals surface area contributed by atoms with Gasteiger partial charge in [0, 0.05) is 5.56 Å². The van der Waals surface area contributed by atoms with E-state index in [1.807, 2.05) is 42.5 Å². The number of hydrogen-bond donors (Lipinski definition) is 1. The van der Waals surface area contributed by atoms with Crippen LogP contribution >= 0.6 is 0 Å². The molecule has 3 nitrogen and oxygen atoms in total. The Hall–Kier alpha value is -3.07. The first kappa shape index (κ1) is 14.9. The van der Waals surface area contributed by atoms with Crippen LogP contribution < -0.4 is 10.5 Å². The Bertz CT molecular complexity index is 813. The molecule has 0 saturated carbocycles. The van der Waals surface area contributed by atoms with Gasteiger partial charge in [0.1, 0.15) is 12.4 Å². The molecule has 0 unspecified atom stereocenters. The predicted octanol–water partition coefficient (Wildman–Crippen LogP) is 4.03. The SMILES string of the molecule is NC(=O)c1cccc(OCc2ccccc2-c2ccccc2)c1. The van der Waals surface area contributed by atoms with Crippen LogP contribution in [-0.4, -0.2) is 5.91 Å². The van der Waals surface area contributed by atoms with Crippen LogP contribution in [0.1, 0.15) is 15.9 Å². The van der Waals surface area contributed by atoms with E-state index >= 15 is 0 Å². The van der Waals surface area contributed by atoms with Crippen molar-refractivity contribution in [2.24, 2.45) is 5.73 Å². The lowest BCUT2D eigenvalue weighted by molar-refractivity contribution is 0.1000. The number of hydrogen-bond acceptors (Lipinski definition) is 2. The lowest BCUT2D eigenvalue weighted by Gasteiger charge is -2.12. The third-order valence-electron chi connectivity index (χ3n) is 3.62. The minimum absolute atomic E-state index is 0.424. The van der Waals surface area contributed by atoms with E-state index in [-0.39, 0.29) is 0 Å². The average molecular weight is 303 g/mol. The van der Waals surface area contributed by atoms with Gasteiger partial charge >= 0.3 is 0 Å². The summed E-state index contributed by atoms with van der Waals surface area (Å²) in [6, 6.07) is 25.2. The van der Waals surface area contributed by atoms with Crippen molar-refractivity contribution in [3.8, 4) is 16.9 Å². The van der Waals surface area contributed by atoms with Crippen LogP contribution in [0.3, 0.4) is 0 Å². The molecule has 0 aliphatic rings. The lowest BCUT2D eigenvalue weighted by atomic mass is 10.0. The molecule has 0 atom stereocenters. The lowest BCUT2D eigenvalue weighted by Crippen LogP contribution is -2.10. The number of amides is 1. The van der Waals surface area contributed by atoms with Crippen LogP contribution in [0.5, 0.6) is 5.75 Å². The summed E-state index contributed by atoms with van der Waals surface area (Å²) in [6.07, 6.45) is 0. The van der Waals surface area contributed by atoms with Crippen LogP contribution in [0.4, 0.5) is 0 Å². The number of benzene rings is 3. The molecule has 114 valence electrons. The number of nitrogens with two attached hydrogens (primary N) is 1. The van der Waals surface area contributed by atoms with Crippen molar-refractivity contribution in [1.29, 1.82) is 0 Å². The molecule has 0 bridgehead atoms. The Morgan fingerprint density at radius 3 is 2.39 bits per heavy atom. The highest BCUT2D eigenvalue weighted by Gasteiger charge is 2.06. The quantitative estimate of drug-likeness (QED) is 0.773. The Kier molecular flexibility index (Phi) is 4.39. The number of primary amides is 1. The zero-order valence-electron chi connectivity index (χ0n) is 12.6. The van der Waals surface area contributed by atoms with Crippen molar-refractivity contribution >= 4 is 5.91 Å². The molecular formula is C20H17NO2. The van der Waals surface area contributed by atoms with Gasteiger partial charge in [-0.1, -0.05) is 60.7 Å². The standard InChI is InChI=1S/C20H17NO2/c21-20(22)16-10-6-11-18(13-16)23-14-17-9-4-5-12-19(17)15-7-2-1-3-8-15/h1-13H,14H2,(H2,21,22).